The van der Waals surface area contributed by atoms with E-state index in [1.807, 2.05) is 13.8 Å². The van der Waals surface area contributed by atoms with E-state index in [1.165, 1.54) is 0 Å². The highest BCUT2D eigenvalue weighted by atomic mass is 16.2. The number of anilines is 1. The van der Waals surface area contributed by atoms with Crippen LogP contribution in [0.1, 0.15) is 30.7 Å². The molecule has 1 aromatic heterocycles. The minimum absolute atomic E-state index is 0.0604. The molecule has 0 bridgehead atoms. The van der Waals surface area contributed by atoms with E-state index in [4.69, 9.17) is 0 Å². The standard InChI is InChI=1S/C12H18N4O/c1-8-7-14-9(2)11(15-8)16-10-5-3-4-6-13-12(10)17/h7,10H,3-6H2,1-2H3,(H,13,17)(H,15,16)/t10-/m1/s1. The van der Waals surface area contributed by atoms with E-state index in [0.717, 1.165) is 37.2 Å². The number of carbonyl (C=O) groups is 1. The van der Waals surface area contributed by atoms with Crippen LogP contribution in [0.25, 0.3) is 0 Å². The van der Waals surface area contributed by atoms with Gasteiger partial charge in [0, 0.05) is 12.7 Å². The fourth-order valence-electron chi connectivity index (χ4n) is 1.92. The van der Waals surface area contributed by atoms with Crippen LogP contribution in [0.4, 0.5) is 5.82 Å². The maximum absolute atomic E-state index is 11.8. The molecule has 0 unspecified atom stereocenters. The molecule has 1 saturated heterocycles. The van der Waals surface area contributed by atoms with Crippen LogP contribution in [0.3, 0.4) is 0 Å². The highest BCUT2D eigenvalue weighted by Gasteiger charge is 2.21. The molecule has 5 nitrogen and oxygen atoms in total. The molecule has 0 aliphatic carbocycles. The zero-order valence-corrected chi connectivity index (χ0v) is 10.3. The van der Waals surface area contributed by atoms with Gasteiger partial charge < -0.3 is 10.6 Å². The number of nitrogens with one attached hydrogen (secondary N) is 2. The predicted molar refractivity (Wildman–Crippen MR) is 65.8 cm³/mol. The second-order valence-corrected chi connectivity index (χ2v) is 4.43. The first-order valence-electron chi connectivity index (χ1n) is 6.01. The van der Waals surface area contributed by atoms with Crippen molar-refractivity contribution in [2.24, 2.45) is 0 Å². The average Bonchev–Trinajstić information content (AvgIpc) is 2.50. The van der Waals surface area contributed by atoms with Crippen LogP contribution in [0, 0.1) is 13.8 Å². The Morgan fingerprint density at radius 1 is 1.41 bits per heavy atom. The number of rotatable bonds is 2. The van der Waals surface area contributed by atoms with Gasteiger partial charge in [-0.3, -0.25) is 9.78 Å². The van der Waals surface area contributed by atoms with Gasteiger partial charge in [-0.15, -0.1) is 0 Å². The van der Waals surface area contributed by atoms with Gasteiger partial charge in [0.1, 0.15) is 11.9 Å². The summed E-state index contributed by atoms with van der Waals surface area (Å²) in [7, 11) is 0. The lowest BCUT2D eigenvalue weighted by molar-refractivity contribution is -0.121. The zero-order valence-electron chi connectivity index (χ0n) is 10.3. The Balaban J connectivity index is 2.13. The van der Waals surface area contributed by atoms with Gasteiger partial charge in [-0.1, -0.05) is 0 Å². The Bertz CT molecular complexity index is 419. The number of carbonyl (C=O) groups excluding carboxylic acids is 1. The molecule has 0 radical (unpaired) electrons. The third kappa shape index (κ3) is 2.93. The van der Waals surface area contributed by atoms with Crippen LogP contribution in [-0.2, 0) is 4.79 Å². The first kappa shape index (κ1) is 11.8. The molecule has 92 valence electrons. The lowest BCUT2D eigenvalue weighted by Crippen LogP contribution is -2.38. The number of hydrogen-bond donors (Lipinski definition) is 2. The Labute approximate surface area is 101 Å². The van der Waals surface area contributed by atoms with Crippen molar-refractivity contribution >= 4 is 11.7 Å². The van der Waals surface area contributed by atoms with Crippen LogP contribution in [0.2, 0.25) is 0 Å². The van der Waals surface area contributed by atoms with E-state index in [-0.39, 0.29) is 11.9 Å². The van der Waals surface area contributed by atoms with E-state index < -0.39 is 0 Å². The first-order chi connectivity index (χ1) is 8.16. The van der Waals surface area contributed by atoms with E-state index in [2.05, 4.69) is 20.6 Å². The number of aromatic nitrogens is 2. The Kier molecular flexibility index (Phi) is 3.56. The van der Waals surface area contributed by atoms with Gasteiger partial charge >= 0.3 is 0 Å². The highest BCUT2D eigenvalue weighted by molar-refractivity contribution is 5.84. The molecule has 1 atom stereocenters. The van der Waals surface area contributed by atoms with Crippen molar-refractivity contribution in [2.75, 3.05) is 11.9 Å². The maximum atomic E-state index is 11.8. The molecule has 5 heteroatoms. The molecule has 0 aromatic carbocycles. The third-order valence-electron chi connectivity index (χ3n) is 2.92. The molecule has 1 amide bonds. The van der Waals surface area contributed by atoms with Crippen LogP contribution in [-0.4, -0.2) is 28.5 Å². The maximum Gasteiger partial charge on any atom is 0.242 e. The minimum atomic E-state index is -0.188. The van der Waals surface area contributed by atoms with E-state index in [0.29, 0.717) is 5.82 Å². The van der Waals surface area contributed by atoms with Crippen molar-refractivity contribution < 1.29 is 4.79 Å². The molecular formula is C12H18N4O. The lowest BCUT2D eigenvalue weighted by atomic mass is 10.1. The molecule has 1 aliphatic rings. The quantitative estimate of drug-likeness (QED) is 0.806. The SMILES string of the molecule is Cc1cnc(C)c(N[C@@H]2CCCCNC2=O)n1. The monoisotopic (exact) mass is 234 g/mol. The summed E-state index contributed by atoms with van der Waals surface area (Å²) >= 11 is 0. The van der Waals surface area contributed by atoms with Crippen molar-refractivity contribution in [3.05, 3.63) is 17.6 Å². The average molecular weight is 234 g/mol. The molecule has 2 N–H and O–H groups in total. The molecule has 17 heavy (non-hydrogen) atoms. The molecule has 2 heterocycles. The number of aryl methyl sites for hydroxylation is 2. The Morgan fingerprint density at radius 2 is 2.24 bits per heavy atom. The Morgan fingerprint density at radius 3 is 3.06 bits per heavy atom. The summed E-state index contributed by atoms with van der Waals surface area (Å²) in [5.41, 5.74) is 1.68. The zero-order chi connectivity index (χ0) is 12.3. The van der Waals surface area contributed by atoms with Crippen molar-refractivity contribution in [1.29, 1.82) is 0 Å². The third-order valence-corrected chi connectivity index (χ3v) is 2.92. The van der Waals surface area contributed by atoms with E-state index in [9.17, 15) is 4.79 Å². The van der Waals surface area contributed by atoms with Crippen molar-refractivity contribution in [3.8, 4) is 0 Å². The van der Waals surface area contributed by atoms with Gasteiger partial charge in [-0.05, 0) is 33.1 Å². The summed E-state index contributed by atoms with van der Waals surface area (Å²) in [4.78, 5) is 20.4. The summed E-state index contributed by atoms with van der Waals surface area (Å²) in [5, 5.41) is 6.09. The van der Waals surface area contributed by atoms with E-state index >= 15 is 0 Å². The van der Waals surface area contributed by atoms with Crippen LogP contribution < -0.4 is 10.6 Å². The molecule has 1 aliphatic heterocycles. The van der Waals surface area contributed by atoms with Gasteiger partial charge in [-0.25, -0.2) is 4.98 Å². The summed E-state index contributed by atoms with van der Waals surface area (Å²) in [6.07, 6.45) is 4.67. The first-order valence-corrected chi connectivity index (χ1v) is 6.01. The summed E-state index contributed by atoms with van der Waals surface area (Å²) < 4.78 is 0. The number of amides is 1. The van der Waals surface area contributed by atoms with Crippen molar-refractivity contribution in [1.82, 2.24) is 15.3 Å². The lowest BCUT2D eigenvalue weighted by Gasteiger charge is -2.17. The van der Waals surface area contributed by atoms with Gasteiger partial charge in [0.2, 0.25) is 5.91 Å². The summed E-state index contributed by atoms with van der Waals surface area (Å²) in [6, 6.07) is -0.188. The van der Waals surface area contributed by atoms with Gasteiger partial charge in [0.15, 0.2) is 0 Å². The van der Waals surface area contributed by atoms with Gasteiger partial charge in [0.05, 0.1) is 11.4 Å². The molecule has 0 saturated carbocycles. The van der Waals surface area contributed by atoms with E-state index in [1.54, 1.807) is 6.20 Å². The van der Waals surface area contributed by atoms with Crippen LogP contribution >= 0.6 is 0 Å². The van der Waals surface area contributed by atoms with Gasteiger partial charge in [-0.2, -0.15) is 0 Å². The Hall–Kier alpha value is -1.65. The topological polar surface area (TPSA) is 66.9 Å². The molecule has 1 aromatic rings. The molecular weight excluding hydrogens is 216 g/mol. The molecule has 1 fully saturated rings. The smallest absolute Gasteiger partial charge is 0.242 e. The van der Waals surface area contributed by atoms with Crippen LogP contribution in [0.5, 0.6) is 0 Å². The molecule has 0 spiro atoms. The number of hydrogen-bond acceptors (Lipinski definition) is 4. The largest absolute Gasteiger partial charge is 0.357 e. The van der Waals surface area contributed by atoms with Crippen LogP contribution in [0.15, 0.2) is 6.20 Å². The fourth-order valence-corrected chi connectivity index (χ4v) is 1.92. The van der Waals surface area contributed by atoms with Crippen molar-refractivity contribution in [3.63, 3.8) is 0 Å². The predicted octanol–water partition coefficient (Wildman–Crippen LogP) is 1.17. The van der Waals surface area contributed by atoms with Crippen molar-refractivity contribution in [2.45, 2.75) is 39.2 Å². The molecule has 2 rings (SSSR count). The van der Waals surface area contributed by atoms with Gasteiger partial charge in [0.25, 0.3) is 0 Å². The normalized spacial score (nSPS) is 20.6. The second kappa shape index (κ2) is 5.12. The highest BCUT2D eigenvalue weighted by Crippen LogP contribution is 2.14. The summed E-state index contributed by atoms with van der Waals surface area (Å²) in [6.45, 7) is 4.56. The second-order valence-electron chi connectivity index (χ2n) is 4.43. The minimum Gasteiger partial charge on any atom is -0.357 e. The summed E-state index contributed by atoms with van der Waals surface area (Å²) in [5.74, 6) is 0.775. The number of nitrogens with zero attached hydrogens (tertiary/aromatic N) is 2. The fraction of sp³-hybridized carbons (Fsp3) is 0.583.